The van der Waals surface area contributed by atoms with Crippen LogP contribution in [-0.2, 0) is 9.36 Å². The molecule has 1 unspecified atom stereocenters. The lowest BCUT2D eigenvalue weighted by Crippen LogP contribution is -1.90. The summed E-state index contributed by atoms with van der Waals surface area (Å²) in [5.41, 5.74) is 0. The summed E-state index contributed by atoms with van der Waals surface area (Å²) in [6.45, 7) is 1.41. The molecule has 8 heavy (non-hydrogen) atoms. The average Bonchev–Trinajstić information content (AvgIpc) is 1.61. The van der Waals surface area contributed by atoms with Crippen molar-refractivity contribution < 1.29 is 14.3 Å². The number of hydrogen-bond acceptors (Lipinski definition) is 2. The third-order valence-corrected chi connectivity index (χ3v) is 1.37. The highest BCUT2D eigenvalue weighted by atomic mass is 31.1. The fourth-order valence-electron chi connectivity index (χ4n) is 0.283. The SMILES string of the molecule is CC(=O)CC[PH](=O)O. The molecule has 0 saturated heterocycles. The van der Waals surface area contributed by atoms with Crippen molar-refractivity contribution in [2.24, 2.45) is 0 Å². The Balaban J connectivity index is 3.18. The summed E-state index contributed by atoms with van der Waals surface area (Å²) < 4.78 is 9.94. The molecule has 1 atom stereocenters. The Morgan fingerprint density at radius 1 is 1.75 bits per heavy atom. The second kappa shape index (κ2) is 3.81. The van der Waals surface area contributed by atoms with Gasteiger partial charge in [-0.3, -0.25) is 4.57 Å². The largest absolute Gasteiger partial charge is 0.346 e. The molecule has 0 aromatic heterocycles. The lowest BCUT2D eigenvalue weighted by molar-refractivity contribution is -0.116. The molecule has 0 aliphatic heterocycles. The number of rotatable bonds is 3. The predicted molar refractivity (Wildman–Crippen MR) is 31.4 cm³/mol. The highest BCUT2D eigenvalue weighted by Crippen LogP contribution is 2.13. The van der Waals surface area contributed by atoms with Gasteiger partial charge in [-0.25, -0.2) is 0 Å². The van der Waals surface area contributed by atoms with Crippen LogP contribution in [0.1, 0.15) is 13.3 Å². The van der Waals surface area contributed by atoms with E-state index in [0.717, 1.165) is 0 Å². The monoisotopic (exact) mass is 136 g/mol. The van der Waals surface area contributed by atoms with Gasteiger partial charge in [0.05, 0.1) is 0 Å². The smallest absolute Gasteiger partial charge is 0.189 e. The van der Waals surface area contributed by atoms with E-state index in [-0.39, 0.29) is 18.4 Å². The van der Waals surface area contributed by atoms with Gasteiger partial charge < -0.3 is 9.69 Å². The maximum atomic E-state index is 10.1. The van der Waals surface area contributed by atoms with Crippen LogP contribution in [0.3, 0.4) is 0 Å². The summed E-state index contributed by atoms with van der Waals surface area (Å²) >= 11 is 0. The topological polar surface area (TPSA) is 54.4 Å². The number of ketones is 1. The van der Waals surface area contributed by atoms with Crippen molar-refractivity contribution in [2.45, 2.75) is 13.3 Å². The summed E-state index contributed by atoms with van der Waals surface area (Å²) in [5, 5.41) is 0. The Kier molecular flexibility index (Phi) is 3.75. The molecule has 0 fully saturated rings. The van der Waals surface area contributed by atoms with E-state index in [1.807, 2.05) is 0 Å². The molecule has 0 radical (unpaired) electrons. The Hall–Kier alpha value is -0.140. The van der Waals surface area contributed by atoms with E-state index in [4.69, 9.17) is 4.89 Å². The van der Waals surface area contributed by atoms with E-state index >= 15 is 0 Å². The lowest BCUT2D eigenvalue weighted by atomic mass is 10.4. The molecule has 0 aliphatic carbocycles. The van der Waals surface area contributed by atoms with E-state index < -0.39 is 8.03 Å². The minimum atomic E-state index is -2.40. The molecule has 3 nitrogen and oxygen atoms in total. The van der Waals surface area contributed by atoms with E-state index in [1.54, 1.807) is 0 Å². The van der Waals surface area contributed by atoms with Crippen molar-refractivity contribution in [3.05, 3.63) is 0 Å². The maximum Gasteiger partial charge on any atom is 0.189 e. The van der Waals surface area contributed by atoms with E-state index in [9.17, 15) is 9.36 Å². The molecular formula is C4H9O3P. The average molecular weight is 136 g/mol. The number of Topliss-reactive ketones (excluding diaryl/α,β-unsaturated/α-hetero) is 1. The molecule has 48 valence electrons. The van der Waals surface area contributed by atoms with Crippen LogP contribution in [0.4, 0.5) is 0 Å². The first-order valence-electron chi connectivity index (χ1n) is 2.34. The normalized spacial score (nSPS) is 13.2. The second-order valence-electron chi connectivity index (χ2n) is 1.60. The summed E-state index contributed by atoms with van der Waals surface area (Å²) in [6.07, 6.45) is 0.369. The maximum absolute atomic E-state index is 10.1. The molecule has 0 saturated carbocycles. The molecule has 0 rings (SSSR count). The predicted octanol–water partition coefficient (Wildman–Crippen LogP) is 0.432. The second-order valence-corrected chi connectivity index (χ2v) is 2.88. The van der Waals surface area contributed by atoms with Gasteiger partial charge in [0.25, 0.3) is 0 Å². The zero-order chi connectivity index (χ0) is 6.57. The van der Waals surface area contributed by atoms with Gasteiger partial charge in [-0.15, -0.1) is 0 Å². The van der Waals surface area contributed by atoms with Gasteiger partial charge in [0.15, 0.2) is 8.03 Å². The van der Waals surface area contributed by atoms with Crippen molar-refractivity contribution in [2.75, 3.05) is 6.16 Å². The molecule has 0 aromatic rings. The Bertz CT molecular complexity index is 95.9. The van der Waals surface area contributed by atoms with Crippen LogP contribution < -0.4 is 0 Å². The van der Waals surface area contributed by atoms with Crippen molar-refractivity contribution in [1.82, 2.24) is 0 Å². The van der Waals surface area contributed by atoms with Crippen LogP contribution in [0.5, 0.6) is 0 Å². The molecule has 0 bridgehead atoms. The molecule has 4 heteroatoms. The first kappa shape index (κ1) is 7.86. The fraction of sp³-hybridized carbons (Fsp3) is 0.750. The third-order valence-electron chi connectivity index (χ3n) is 0.691. The third kappa shape index (κ3) is 5.86. The first-order valence-corrected chi connectivity index (χ1v) is 3.90. The molecule has 0 heterocycles. The Labute approximate surface area is 48.6 Å². The quantitative estimate of drug-likeness (QED) is 0.572. The molecule has 0 aromatic carbocycles. The van der Waals surface area contributed by atoms with Crippen molar-refractivity contribution in [1.29, 1.82) is 0 Å². The number of carbonyl (C=O) groups excluding carboxylic acids is 1. The van der Waals surface area contributed by atoms with Crippen LogP contribution in [0.2, 0.25) is 0 Å². The molecule has 0 aliphatic rings. The molecule has 0 amide bonds. The van der Waals surface area contributed by atoms with E-state index in [2.05, 4.69) is 0 Å². The van der Waals surface area contributed by atoms with Gasteiger partial charge in [0.1, 0.15) is 5.78 Å². The van der Waals surface area contributed by atoms with Crippen molar-refractivity contribution in [3.63, 3.8) is 0 Å². The Morgan fingerprint density at radius 2 is 2.25 bits per heavy atom. The fourth-order valence-corrected chi connectivity index (χ4v) is 0.849. The summed E-state index contributed by atoms with van der Waals surface area (Å²) in [7, 11) is -2.40. The van der Waals surface area contributed by atoms with Gasteiger partial charge >= 0.3 is 0 Å². The highest BCUT2D eigenvalue weighted by Gasteiger charge is 1.95. The van der Waals surface area contributed by atoms with E-state index in [1.165, 1.54) is 6.92 Å². The van der Waals surface area contributed by atoms with Gasteiger partial charge in [-0.1, -0.05) is 0 Å². The van der Waals surface area contributed by atoms with Crippen molar-refractivity contribution in [3.8, 4) is 0 Å². The standard InChI is InChI=1S/C4H9O3P/c1-4(5)2-3-8(6)7/h8H,2-3H2,1H3,(H,6,7). The summed E-state index contributed by atoms with van der Waals surface area (Å²) in [4.78, 5) is 18.3. The van der Waals surface area contributed by atoms with Crippen LogP contribution in [-0.4, -0.2) is 16.8 Å². The first-order chi connectivity index (χ1) is 3.63. The lowest BCUT2D eigenvalue weighted by Gasteiger charge is -1.87. The molecular weight excluding hydrogens is 127 g/mol. The minimum absolute atomic E-state index is 0.0302. The molecule has 1 N–H and O–H groups in total. The summed E-state index contributed by atoms with van der Waals surface area (Å²) in [5.74, 6) is -0.0302. The van der Waals surface area contributed by atoms with Gasteiger partial charge in [0.2, 0.25) is 0 Å². The summed E-state index contributed by atoms with van der Waals surface area (Å²) in [6, 6.07) is 0. The minimum Gasteiger partial charge on any atom is -0.346 e. The van der Waals surface area contributed by atoms with Gasteiger partial charge in [-0.2, -0.15) is 0 Å². The number of carbonyl (C=O) groups is 1. The zero-order valence-corrected chi connectivity index (χ0v) is 5.68. The zero-order valence-electron chi connectivity index (χ0n) is 4.68. The van der Waals surface area contributed by atoms with Crippen LogP contribution in [0.15, 0.2) is 0 Å². The van der Waals surface area contributed by atoms with E-state index in [0.29, 0.717) is 0 Å². The Morgan fingerprint density at radius 3 is 2.38 bits per heavy atom. The van der Waals surface area contributed by atoms with Crippen LogP contribution >= 0.6 is 8.03 Å². The van der Waals surface area contributed by atoms with Crippen LogP contribution in [0, 0.1) is 0 Å². The van der Waals surface area contributed by atoms with Crippen LogP contribution in [0.25, 0.3) is 0 Å². The van der Waals surface area contributed by atoms with Crippen molar-refractivity contribution >= 4 is 13.8 Å². The highest BCUT2D eigenvalue weighted by molar-refractivity contribution is 7.38. The van der Waals surface area contributed by atoms with Gasteiger partial charge in [-0.05, 0) is 6.92 Å². The number of hydrogen-bond donors (Lipinski definition) is 1. The molecule has 0 spiro atoms. The van der Waals surface area contributed by atoms with Gasteiger partial charge in [0, 0.05) is 12.6 Å².